The Balaban J connectivity index is 0.00000225. The average molecular weight is 276 g/mol. The number of nitrogens with two attached hydrogens (primary N) is 1. The Morgan fingerprint density at radius 1 is 1.38 bits per heavy atom. The average Bonchev–Trinajstić information content (AvgIpc) is 2.50. The molecule has 1 fully saturated rings. The maximum absolute atomic E-state index is 11.6. The molecule has 0 aliphatic carbocycles. The summed E-state index contributed by atoms with van der Waals surface area (Å²) in [5.74, 6) is -1.20. The molecule has 10 heteroatoms. The van der Waals surface area contributed by atoms with Crippen molar-refractivity contribution >= 4 is 15.2 Å². The van der Waals surface area contributed by atoms with Crippen molar-refractivity contribution in [2.24, 2.45) is 5.73 Å². The quantitative estimate of drug-likeness (QED) is 0.533. The summed E-state index contributed by atoms with van der Waals surface area (Å²) in [5, 5.41) is 0. The Kier molecular flexibility index (Phi) is 6.32. The van der Waals surface area contributed by atoms with E-state index in [1.807, 2.05) is 0 Å². The van der Waals surface area contributed by atoms with E-state index in [-0.39, 0.29) is 18.7 Å². The molecule has 7 N–H and O–H groups in total. The molecule has 0 spiro atoms. The van der Waals surface area contributed by atoms with Crippen LogP contribution in [0.5, 0.6) is 0 Å². The molecule has 98 valence electrons. The van der Waals surface area contributed by atoms with Gasteiger partial charge in [0, 0.05) is 0 Å². The number of rotatable bonds is 5. The van der Waals surface area contributed by atoms with Crippen LogP contribution in [0.4, 0.5) is 0 Å². The predicted molar refractivity (Wildman–Crippen MR) is 58.7 cm³/mol. The van der Waals surface area contributed by atoms with E-state index in [0.29, 0.717) is 19.6 Å². The van der Waals surface area contributed by atoms with Crippen LogP contribution in [0.15, 0.2) is 0 Å². The first-order chi connectivity index (χ1) is 6.83. The lowest BCUT2D eigenvalue weighted by Gasteiger charge is -2.14. The molecular weight excluding hydrogens is 258 g/mol. The van der Waals surface area contributed by atoms with E-state index in [9.17, 15) is 9.13 Å². The minimum atomic E-state index is -4.23. The highest BCUT2D eigenvalue weighted by Gasteiger charge is 2.31. The lowest BCUT2D eigenvalue weighted by molar-refractivity contribution is 0.343. The Morgan fingerprint density at radius 2 is 1.88 bits per heavy atom. The fourth-order valence-corrected chi connectivity index (χ4v) is 3.31. The van der Waals surface area contributed by atoms with Crippen LogP contribution in [0.1, 0.15) is 12.8 Å². The summed E-state index contributed by atoms with van der Waals surface area (Å²) in [7, 11) is -7.22. The molecule has 0 radical (unpaired) electrons. The van der Waals surface area contributed by atoms with Crippen molar-refractivity contribution in [1.82, 2.24) is 6.15 Å². The maximum Gasteiger partial charge on any atom is 0.342 e. The van der Waals surface area contributed by atoms with Crippen LogP contribution in [-0.2, 0) is 18.2 Å². The molecule has 1 rings (SSSR count). The zero-order chi connectivity index (χ0) is 11.5. The SMILES string of the molecule is N.NC(CCCP1(=O)OCCO1)P(=O)(O)O. The van der Waals surface area contributed by atoms with Crippen molar-refractivity contribution in [3.05, 3.63) is 0 Å². The molecule has 1 saturated heterocycles. The summed E-state index contributed by atoms with van der Waals surface area (Å²) >= 11 is 0. The number of hydrogen-bond donors (Lipinski definition) is 4. The topological polar surface area (TPSA) is 154 Å². The fraction of sp³-hybridized carbons (Fsp3) is 1.00. The molecule has 1 heterocycles. The Labute approximate surface area is 93.8 Å². The summed E-state index contributed by atoms with van der Waals surface area (Å²) in [4.78, 5) is 17.4. The van der Waals surface area contributed by atoms with Gasteiger partial charge in [-0.15, -0.1) is 0 Å². The zero-order valence-corrected chi connectivity index (χ0v) is 10.6. The summed E-state index contributed by atoms with van der Waals surface area (Å²) < 4.78 is 32.1. The van der Waals surface area contributed by atoms with Gasteiger partial charge in [0.1, 0.15) is 5.78 Å². The summed E-state index contributed by atoms with van der Waals surface area (Å²) in [6.45, 7) is 0.615. The van der Waals surface area contributed by atoms with E-state index in [1.165, 1.54) is 0 Å². The fourth-order valence-electron chi connectivity index (χ4n) is 1.18. The molecule has 0 aromatic rings. The Morgan fingerprint density at radius 3 is 2.31 bits per heavy atom. The smallest absolute Gasteiger partial charge is 0.342 e. The first-order valence-electron chi connectivity index (χ1n) is 4.52. The second kappa shape index (κ2) is 6.23. The molecular formula is C6H18N2O6P2. The van der Waals surface area contributed by atoms with Gasteiger partial charge >= 0.3 is 15.2 Å². The first kappa shape index (κ1) is 16.2. The van der Waals surface area contributed by atoms with Crippen LogP contribution in [0.3, 0.4) is 0 Å². The molecule has 8 nitrogen and oxygen atoms in total. The van der Waals surface area contributed by atoms with Crippen LogP contribution in [0.25, 0.3) is 0 Å². The molecule has 1 unspecified atom stereocenters. The Bertz CT molecular complexity index is 295. The third-order valence-corrected chi connectivity index (χ3v) is 5.16. The van der Waals surface area contributed by atoms with Crippen molar-refractivity contribution in [2.75, 3.05) is 19.4 Å². The molecule has 0 aromatic heterocycles. The van der Waals surface area contributed by atoms with E-state index < -0.39 is 21.0 Å². The van der Waals surface area contributed by atoms with Gasteiger partial charge in [-0.3, -0.25) is 9.13 Å². The molecule has 1 aliphatic rings. The van der Waals surface area contributed by atoms with Crippen molar-refractivity contribution in [2.45, 2.75) is 18.6 Å². The zero-order valence-electron chi connectivity index (χ0n) is 8.82. The highest BCUT2D eigenvalue weighted by Crippen LogP contribution is 2.52. The third-order valence-electron chi connectivity index (χ3n) is 2.02. The molecule has 0 saturated carbocycles. The van der Waals surface area contributed by atoms with Crippen molar-refractivity contribution < 1.29 is 28.0 Å². The van der Waals surface area contributed by atoms with Gasteiger partial charge in [0.05, 0.1) is 19.4 Å². The third kappa shape index (κ3) is 5.03. The van der Waals surface area contributed by atoms with Gasteiger partial charge in [-0.2, -0.15) is 0 Å². The van der Waals surface area contributed by atoms with Crippen LogP contribution in [0, 0.1) is 0 Å². The Hall–Kier alpha value is 0.220. The van der Waals surface area contributed by atoms with Gasteiger partial charge in [0.25, 0.3) is 0 Å². The van der Waals surface area contributed by atoms with Gasteiger partial charge in [-0.25, -0.2) is 0 Å². The summed E-state index contributed by atoms with van der Waals surface area (Å²) in [6.07, 6.45) is 0.561. The van der Waals surface area contributed by atoms with E-state index in [1.54, 1.807) is 0 Å². The normalized spacial score (nSPS) is 21.4. The summed E-state index contributed by atoms with van der Waals surface area (Å²) in [5.41, 5.74) is 5.24. The molecule has 1 aliphatic heterocycles. The van der Waals surface area contributed by atoms with Crippen LogP contribution in [-0.4, -0.2) is 34.9 Å². The molecule has 16 heavy (non-hydrogen) atoms. The van der Waals surface area contributed by atoms with E-state index in [2.05, 4.69) is 0 Å². The second-order valence-corrected chi connectivity index (χ2v) is 7.33. The molecule has 0 aromatic carbocycles. The van der Waals surface area contributed by atoms with Gasteiger partial charge in [-0.05, 0) is 12.8 Å². The highest BCUT2D eigenvalue weighted by molar-refractivity contribution is 7.54. The molecule has 0 amide bonds. The molecule has 0 bridgehead atoms. The van der Waals surface area contributed by atoms with Crippen molar-refractivity contribution in [1.29, 1.82) is 0 Å². The standard InChI is InChI=1S/C6H15NO6P2.H3N/c7-6(15(9,10)11)2-1-5-14(8)12-3-4-13-14;/h6H,1-5,7H2,(H2,9,10,11);1H3. The predicted octanol–water partition coefficient (Wildman–Crippen LogP) is 0.631. The van der Waals surface area contributed by atoms with Gasteiger partial charge in [0.2, 0.25) is 0 Å². The lowest BCUT2D eigenvalue weighted by Crippen LogP contribution is -2.20. The van der Waals surface area contributed by atoms with Gasteiger partial charge in [0.15, 0.2) is 0 Å². The molecule has 1 atom stereocenters. The van der Waals surface area contributed by atoms with E-state index in [0.717, 1.165) is 0 Å². The number of hydrogen-bond acceptors (Lipinski definition) is 6. The van der Waals surface area contributed by atoms with Crippen molar-refractivity contribution in [3.8, 4) is 0 Å². The van der Waals surface area contributed by atoms with Gasteiger partial charge < -0.3 is 30.7 Å². The maximum atomic E-state index is 11.6. The van der Waals surface area contributed by atoms with E-state index >= 15 is 0 Å². The van der Waals surface area contributed by atoms with Gasteiger partial charge in [-0.1, -0.05) is 0 Å². The van der Waals surface area contributed by atoms with Crippen LogP contribution < -0.4 is 11.9 Å². The van der Waals surface area contributed by atoms with Crippen LogP contribution in [0.2, 0.25) is 0 Å². The largest absolute Gasteiger partial charge is 0.344 e. The van der Waals surface area contributed by atoms with Crippen molar-refractivity contribution in [3.63, 3.8) is 0 Å². The minimum absolute atomic E-state index is 0. The van der Waals surface area contributed by atoms with Crippen LogP contribution >= 0.6 is 15.2 Å². The second-order valence-electron chi connectivity index (χ2n) is 3.30. The monoisotopic (exact) mass is 276 g/mol. The first-order valence-corrected chi connectivity index (χ1v) is 7.93. The summed E-state index contributed by atoms with van der Waals surface area (Å²) in [6, 6.07) is 0. The minimum Gasteiger partial charge on any atom is -0.344 e. The lowest BCUT2D eigenvalue weighted by atomic mass is 10.3. The highest BCUT2D eigenvalue weighted by atomic mass is 31.2. The van der Waals surface area contributed by atoms with E-state index in [4.69, 9.17) is 24.6 Å².